The van der Waals surface area contributed by atoms with Gasteiger partial charge in [0.05, 0.1) is 18.1 Å². The smallest absolute Gasteiger partial charge is 0.407 e. The molecular formula is C27H34N4O5. The molecule has 192 valence electrons. The average molecular weight is 495 g/mol. The number of nitrogens with one attached hydrogen (secondary N) is 2. The zero-order valence-corrected chi connectivity index (χ0v) is 21.0. The fourth-order valence-electron chi connectivity index (χ4n) is 4.58. The van der Waals surface area contributed by atoms with E-state index in [9.17, 15) is 14.4 Å². The molecule has 0 spiro atoms. The average Bonchev–Trinajstić information content (AvgIpc) is 3.22. The molecular weight excluding hydrogens is 460 g/mol. The van der Waals surface area contributed by atoms with Gasteiger partial charge in [0.2, 0.25) is 5.91 Å². The largest absolute Gasteiger partial charge is 0.491 e. The molecule has 3 amide bonds. The van der Waals surface area contributed by atoms with Crippen LogP contribution in [0.15, 0.2) is 48.5 Å². The van der Waals surface area contributed by atoms with Crippen LogP contribution < -0.4 is 21.1 Å². The van der Waals surface area contributed by atoms with Gasteiger partial charge in [-0.1, -0.05) is 30.3 Å². The Bertz CT molecular complexity index is 1130. The molecule has 2 heterocycles. The van der Waals surface area contributed by atoms with E-state index in [1.807, 2.05) is 42.5 Å². The minimum Gasteiger partial charge on any atom is -0.491 e. The van der Waals surface area contributed by atoms with E-state index in [-0.39, 0.29) is 43.5 Å². The molecule has 2 bridgehead atoms. The van der Waals surface area contributed by atoms with Crippen LogP contribution in [0.2, 0.25) is 0 Å². The van der Waals surface area contributed by atoms with Crippen molar-refractivity contribution in [3.8, 4) is 16.9 Å². The van der Waals surface area contributed by atoms with Gasteiger partial charge < -0.3 is 30.7 Å². The third-order valence-electron chi connectivity index (χ3n) is 6.24. The summed E-state index contributed by atoms with van der Waals surface area (Å²) >= 11 is 0. The topological polar surface area (TPSA) is 123 Å². The molecule has 4 N–H and O–H groups in total. The number of fused-ring (bicyclic) bond motifs is 5. The molecule has 0 saturated carbocycles. The predicted molar refractivity (Wildman–Crippen MR) is 136 cm³/mol. The highest BCUT2D eigenvalue weighted by atomic mass is 16.6. The molecule has 2 aromatic carbocycles. The van der Waals surface area contributed by atoms with Gasteiger partial charge in [0.25, 0.3) is 5.91 Å². The Hall–Kier alpha value is -3.59. The second kappa shape index (κ2) is 10.6. The van der Waals surface area contributed by atoms with Crippen LogP contribution in [-0.4, -0.2) is 66.2 Å². The second-order valence-corrected chi connectivity index (χ2v) is 10.3. The molecule has 0 unspecified atom stereocenters. The van der Waals surface area contributed by atoms with Crippen molar-refractivity contribution in [3.63, 3.8) is 0 Å². The van der Waals surface area contributed by atoms with Gasteiger partial charge in [-0.15, -0.1) is 0 Å². The first-order chi connectivity index (χ1) is 17.1. The van der Waals surface area contributed by atoms with E-state index in [2.05, 4.69) is 10.6 Å². The van der Waals surface area contributed by atoms with Crippen molar-refractivity contribution in [2.24, 2.45) is 5.73 Å². The fraction of sp³-hybridized carbons (Fsp3) is 0.444. The first-order valence-electron chi connectivity index (χ1n) is 12.3. The van der Waals surface area contributed by atoms with Crippen molar-refractivity contribution in [3.05, 3.63) is 54.1 Å². The van der Waals surface area contributed by atoms with Crippen molar-refractivity contribution in [1.29, 1.82) is 0 Å². The lowest BCUT2D eigenvalue weighted by atomic mass is 9.99. The van der Waals surface area contributed by atoms with E-state index < -0.39 is 17.7 Å². The van der Waals surface area contributed by atoms with Gasteiger partial charge in [0.1, 0.15) is 18.0 Å². The van der Waals surface area contributed by atoms with Crippen molar-refractivity contribution < 1.29 is 23.9 Å². The summed E-state index contributed by atoms with van der Waals surface area (Å²) in [5.74, 6) is 0.153. The Balaban J connectivity index is 1.58. The predicted octanol–water partition coefficient (Wildman–Crippen LogP) is 2.69. The Kier molecular flexibility index (Phi) is 7.49. The van der Waals surface area contributed by atoms with Crippen LogP contribution >= 0.6 is 0 Å². The number of hydrogen-bond acceptors (Lipinski definition) is 6. The van der Waals surface area contributed by atoms with Crippen LogP contribution in [-0.2, 0) is 9.53 Å². The quantitative estimate of drug-likeness (QED) is 0.560. The molecule has 9 heteroatoms. The number of amides is 3. The third kappa shape index (κ3) is 6.15. The summed E-state index contributed by atoms with van der Waals surface area (Å²) in [5, 5.41) is 5.76. The molecule has 3 atom stereocenters. The Morgan fingerprint density at radius 3 is 2.64 bits per heavy atom. The van der Waals surface area contributed by atoms with Crippen LogP contribution in [0.25, 0.3) is 11.1 Å². The molecule has 0 radical (unpaired) electrons. The minimum atomic E-state index is -0.797. The number of rotatable bonds is 1. The number of carbonyl (C=O) groups is 3. The zero-order chi connectivity index (χ0) is 25.9. The number of nitrogens with two attached hydrogens (primary N) is 1. The summed E-state index contributed by atoms with van der Waals surface area (Å²) in [6.45, 7) is 6.20. The summed E-state index contributed by atoms with van der Waals surface area (Å²) in [5.41, 5.74) is 7.81. The van der Waals surface area contributed by atoms with Crippen LogP contribution in [0.4, 0.5) is 4.79 Å². The molecule has 9 nitrogen and oxygen atoms in total. The van der Waals surface area contributed by atoms with Gasteiger partial charge in [-0.25, -0.2) is 4.79 Å². The van der Waals surface area contributed by atoms with Crippen molar-refractivity contribution >= 4 is 17.9 Å². The maximum absolute atomic E-state index is 13.3. The van der Waals surface area contributed by atoms with Gasteiger partial charge in [-0.2, -0.15) is 0 Å². The van der Waals surface area contributed by atoms with Crippen molar-refractivity contribution in [2.45, 2.75) is 57.3 Å². The van der Waals surface area contributed by atoms with Crippen molar-refractivity contribution in [1.82, 2.24) is 15.5 Å². The van der Waals surface area contributed by atoms with Crippen LogP contribution in [0.1, 0.15) is 44.0 Å². The van der Waals surface area contributed by atoms with E-state index in [4.69, 9.17) is 15.2 Å². The third-order valence-corrected chi connectivity index (χ3v) is 6.24. The van der Waals surface area contributed by atoms with E-state index >= 15 is 0 Å². The van der Waals surface area contributed by atoms with Gasteiger partial charge in [0.15, 0.2) is 0 Å². The Labute approximate surface area is 211 Å². The van der Waals surface area contributed by atoms with Crippen LogP contribution in [0, 0.1) is 0 Å². The summed E-state index contributed by atoms with van der Waals surface area (Å²) < 4.78 is 11.5. The summed E-state index contributed by atoms with van der Waals surface area (Å²) in [6.07, 6.45) is 0.271. The van der Waals surface area contributed by atoms with Crippen LogP contribution in [0.5, 0.6) is 5.75 Å². The second-order valence-electron chi connectivity index (χ2n) is 10.3. The van der Waals surface area contributed by atoms with Crippen molar-refractivity contribution in [2.75, 3.05) is 19.7 Å². The lowest BCUT2D eigenvalue weighted by Gasteiger charge is -2.27. The molecule has 2 aromatic rings. The first-order valence-corrected chi connectivity index (χ1v) is 12.3. The zero-order valence-electron chi connectivity index (χ0n) is 21.0. The molecule has 2 aliphatic rings. The highest BCUT2D eigenvalue weighted by Gasteiger charge is 2.38. The lowest BCUT2D eigenvalue weighted by molar-refractivity contribution is -0.134. The molecule has 1 fully saturated rings. The van der Waals surface area contributed by atoms with Gasteiger partial charge >= 0.3 is 6.09 Å². The molecule has 0 aromatic heterocycles. The lowest BCUT2D eigenvalue weighted by Crippen LogP contribution is -2.49. The van der Waals surface area contributed by atoms with Gasteiger partial charge in [0, 0.05) is 18.7 Å². The SMILES string of the molecule is CC(C)(C)OC(=O)N[C@H]1C[C@H]2COc3cccc(c3)-c3ccccc3C(=O)NCC[C@@H](N)C(=O)N2C1. The molecule has 36 heavy (non-hydrogen) atoms. The maximum Gasteiger partial charge on any atom is 0.407 e. The number of nitrogens with zero attached hydrogens (tertiary/aromatic N) is 1. The molecule has 1 saturated heterocycles. The van der Waals surface area contributed by atoms with Gasteiger partial charge in [-0.05, 0) is 62.9 Å². The number of benzene rings is 2. The molecule has 4 rings (SSSR count). The van der Waals surface area contributed by atoms with Gasteiger partial charge in [-0.3, -0.25) is 9.59 Å². The number of carbonyl (C=O) groups excluding carboxylic acids is 3. The minimum absolute atomic E-state index is 0.230. The number of alkyl carbamates (subject to hydrolysis) is 1. The molecule has 2 aliphatic heterocycles. The maximum atomic E-state index is 13.3. The van der Waals surface area contributed by atoms with E-state index in [1.165, 1.54) is 0 Å². The summed E-state index contributed by atoms with van der Waals surface area (Å²) in [7, 11) is 0. The fourth-order valence-corrected chi connectivity index (χ4v) is 4.58. The Morgan fingerprint density at radius 2 is 1.89 bits per heavy atom. The van der Waals surface area contributed by atoms with E-state index in [1.54, 1.807) is 31.7 Å². The van der Waals surface area contributed by atoms with E-state index in [0.29, 0.717) is 24.3 Å². The first kappa shape index (κ1) is 25.5. The normalized spacial score (nSPS) is 22.8. The monoisotopic (exact) mass is 494 g/mol. The summed E-state index contributed by atoms with van der Waals surface area (Å²) in [4.78, 5) is 40.2. The summed E-state index contributed by atoms with van der Waals surface area (Å²) in [6, 6.07) is 13.5. The number of hydrogen-bond donors (Lipinski definition) is 3. The number of ether oxygens (including phenoxy) is 2. The Morgan fingerprint density at radius 1 is 1.14 bits per heavy atom. The van der Waals surface area contributed by atoms with Crippen LogP contribution in [0.3, 0.4) is 0 Å². The standard InChI is InChI=1S/C27H34N4O5/c1-27(2,3)36-26(34)30-18-14-19-16-35-20-8-6-7-17(13-20)21-9-4-5-10-22(21)24(32)29-12-11-23(28)25(33)31(19)15-18/h4-10,13,18-19,23H,11-12,14-16,28H2,1-3H3,(H,29,32)(H,30,34)/t18-,19-,23+/m0/s1. The van der Waals surface area contributed by atoms with E-state index in [0.717, 1.165) is 11.1 Å². The highest BCUT2D eigenvalue weighted by molar-refractivity contribution is 6.01. The molecule has 0 aliphatic carbocycles. The highest BCUT2D eigenvalue weighted by Crippen LogP contribution is 2.28.